The molecule has 0 heterocycles. The Morgan fingerprint density at radius 1 is 0.458 bits per heavy atom. The van der Waals surface area contributed by atoms with Crippen molar-refractivity contribution < 1.29 is 24.0 Å². The largest absolute Gasteiger partial charge is 1.00 e. The predicted molar refractivity (Wildman–Crippen MR) is 108 cm³/mol. The lowest BCUT2D eigenvalue weighted by molar-refractivity contribution is -0.00000601. The van der Waals surface area contributed by atoms with Crippen LogP contribution in [0.2, 0.25) is 0 Å². The second-order valence-electron chi connectivity index (χ2n) is 5.91. The summed E-state index contributed by atoms with van der Waals surface area (Å²) >= 11 is 0. The number of rotatable bonds is 14. The van der Waals surface area contributed by atoms with Gasteiger partial charge in [-0.3, -0.25) is 0 Å². The molecule has 0 rings (SSSR count). The fourth-order valence-corrected chi connectivity index (χ4v) is 9.14. The average Bonchev–Trinajstić information content (AvgIpc) is 2.57. The zero-order valence-electron chi connectivity index (χ0n) is 17.7. The van der Waals surface area contributed by atoms with Crippen molar-refractivity contribution in [3.63, 3.8) is 0 Å². The average molecular weight is 474 g/mol. The van der Waals surface area contributed by atoms with Crippen molar-refractivity contribution in [2.24, 2.45) is 0 Å². The van der Waals surface area contributed by atoms with E-state index in [1.54, 1.807) is 0 Å². The lowest BCUT2D eigenvalue weighted by atomic mass is 10.4. The van der Waals surface area contributed by atoms with Gasteiger partial charge in [0.25, 0.3) is 0 Å². The van der Waals surface area contributed by atoms with E-state index < -0.39 is 7.87 Å². The lowest BCUT2D eigenvalue weighted by Crippen LogP contribution is -3.00. The van der Waals surface area contributed by atoms with E-state index in [4.69, 9.17) is 0 Å². The minimum absolute atomic E-state index is 0. The molecule has 148 valence electrons. The van der Waals surface area contributed by atoms with E-state index in [0.717, 1.165) is 39.3 Å². The molecule has 0 aliphatic heterocycles. The van der Waals surface area contributed by atoms with E-state index in [1.807, 2.05) is 0 Å². The molecule has 0 aliphatic carbocycles. The Balaban J connectivity index is 0. The predicted octanol–water partition coefficient (Wildman–Crippen LogP) is 1.82. The Morgan fingerprint density at radius 2 is 0.708 bits per heavy atom. The maximum Gasteiger partial charge on any atom is 0.308 e. The highest BCUT2D eigenvalue weighted by atomic mass is 127. The normalized spacial score (nSPS) is 12.5. The summed E-state index contributed by atoms with van der Waals surface area (Å²) in [5.74, 6) is 0. The Kier molecular flexibility index (Phi) is 17.1. The summed E-state index contributed by atoms with van der Waals surface area (Å²) in [6, 6.07) is 0. The molecule has 0 atom stereocenters. The fourth-order valence-electron chi connectivity index (χ4n) is 3.78. The van der Waals surface area contributed by atoms with E-state index in [1.165, 1.54) is 25.9 Å². The van der Waals surface area contributed by atoms with Crippen molar-refractivity contribution in [2.45, 2.75) is 68.2 Å². The summed E-state index contributed by atoms with van der Waals surface area (Å²) in [4.78, 5) is 0. The van der Waals surface area contributed by atoms with Gasteiger partial charge >= 0.3 is 7.87 Å². The fraction of sp³-hybridized carbons (Fsp3) is 1.00. The molecule has 4 nitrogen and oxygen atoms in total. The van der Waals surface area contributed by atoms with Gasteiger partial charge in [0, 0.05) is 52.4 Å². The van der Waals surface area contributed by atoms with E-state index in [9.17, 15) is 0 Å². The minimum Gasteiger partial charge on any atom is -1.00 e. The molecule has 0 saturated carbocycles. The topological polar surface area (TPSA) is 13.0 Å². The van der Waals surface area contributed by atoms with Crippen LogP contribution in [0.3, 0.4) is 0 Å². The summed E-state index contributed by atoms with van der Waals surface area (Å²) in [5, 5.41) is 0. The van der Waals surface area contributed by atoms with Crippen LogP contribution in [0.15, 0.2) is 0 Å². The first kappa shape index (κ1) is 27.2. The monoisotopic (exact) mass is 474 g/mol. The molecule has 0 aromatic heterocycles. The van der Waals surface area contributed by atoms with Crippen molar-refractivity contribution in [1.82, 2.24) is 18.7 Å². The Hall–Kier alpha value is 1.00. The highest BCUT2D eigenvalue weighted by Crippen LogP contribution is 2.69. The van der Waals surface area contributed by atoms with Crippen LogP contribution in [0.25, 0.3) is 0 Å². The molecular formula is C18H44IN4P. The number of halogens is 1. The molecule has 0 N–H and O–H groups in total. The van der Waals surface area contributed by atoms with Crippen molar-refractivity contribution in [1.29, 1.82) is 0 Å². The van der Waals surface area contributed by atoms with Gasteiger partial charge in [0.15, 0.2) is 0 Å². The van der Waals surface area contributed by atoms with Gasteiger partial charge in [-0.1, -0.05) is 13.8 Å². The van der Waals surface area contributed by atoms with Crippen molar-refractivity contribution in [3.05, 3.63) is 0 Å². The summed E-state index contributed by atoms with van der Waals surface area (Å²) < 4.78 is 11.2. The van der Waals surface area contributed by atoms with Gasteiger partial charge in [0.1, 0.15) is 0 Å². The van der Waals surface area contributed by atoms with Crippen LogP contribution in [0.1, 0.15) is 68.2 Å². The first-order valence-corrected chi connectivity index (χ1v) is 11.6. The zero-order valence-corrected chi connectivity index (χ0v) is 20.7. The van der Waals surface area contributed by atoms with Crippen molar-refractivity contribution in [2.75, 3.05) is 52.4 Å². The van der Waals surface area contributed by atoms with E-state index >= 15 is 0 Å². The molecule has 0 saturated heterocycles. The number of nitrogens with zero attached hydrogens (tertiary/aromatic N) is 4. The third kappa shape index (κ3) is 6.02. The van der Waals surface area contributed by atoms with E-state index in [-0.39, 0.29) is 24.0 Å². The molecule has 0 aromatic carbocycles. The molecule has 0 spiro atoms. The Bertz CT molecular complexity index is 245. The van der Waals surface area contributed by atoms with Gasteiger partial charge in [-0.15, -0.1) is 18.7 Å². The highest BCUT2D eigenvalue weighted by molar-refractivity contribution is 7.66. The lowest BCUT2D eigenvalue weighted by Gasteiger charge is -2.50. The van der Waals surface area contributed by atoms with Gasteiger partial charge in [-0.2, -0.15) is 0 Å². The highest BCUT2D eigenvalue weighted by Gasteiger charge is 2.58. The quantitative estimate of drug-likeness (QED) is 0.281. The zero-order chi connectivity index (χ0) is 17.9. The molecule has 0 amide bonds. The number of hydrogen-bond acceptors (Lipinski definition) is 4. The maximum atomic E-state index is 2.85. The smallest absolute Gasteiger partial charge is 0.308 e. The van der Waals surface area contributed by atoms with Crippen LogP contribution in [-0.4, -0.2) is 71.0 Å². The summed E-state index contributed by atoms with van der Waals surface area (Å²) in [5.41, 5.74) is 0. The van der Waals surface area contributed by atoms with Crippen LogP contribution in [0.4, 0.5) is 0 Å². The molecule has 0 fully saturated rings. The molecule has 6 heteroatoms. The van der Waals surface area contributed by atoms with E-state index in [0.29, 0.717) is 0 Å². The van der Waals surface area contributed by atoms with Gasteiger partial charge in [-0.25, -0.2) is 0 Å². The molecule has 0 aromatic rings. The van der Waals surface area contributed by atoms with Crippen LogP contribution < -0.4 is 24.0 Å². The molecule has 0 radical (unpaired) electrons. The Labute approximate surface area is 170 Å². The van der Waals surface area contributed by atoms with Gasteiger partial charge in [0.2, 0.25) is 0 Å². The summed E-state index contributed by atoms with van der Waals surface area (Å²) in [7, 11) is -1.64. The molecule has 0 bridgehead atoms. The van der Waals surface area contributed by atoms with Crippen molar-refractivity contribution >= 4 is 7.87 Å². The third-order valence-electron chi connectivity index (χ3n) is 4.67. The van der Waals surface area contributed by atoms with Gasteiger partial charge in [-0.05, 0) is 54.4 Å². The van der Waals surface area contributed by atoms with Crippen LogP contribution in [0.5, 0.6) is 0 Å². The second kappa shape index (κ2) is 15.1. The van der Waals surface area contributed by atoms with Crippen LogP contribution in [0, 0.1) is 0 Å². The third-order valence-corrected chi connectivity index (χ3v) is 9.80. The van der Waals surface area contributed by atoms with Crippen LogP contribution in [-0.2, 0) is 0 Å². The van der Waals surface area contributed by atoms with Gasteiger partial charge < -0.3 is 24.0 Å². The Morgan fingerprint density at radius 3 is 0.875 bits per heavy atom. The first-order valence-electron chi connectivity index (χ1n) is 9.99. The van der Waals surface area contributed by atoms with Crippen molar-refractivity contribution in [3.8, 4) is 0 Å². The second-order valence-corrected chi connectivity index (χ2v) is 9.24. The molecular weight excluding hydrogens is 430 g/mol. The van der Waals surface area contributed by atoms with Gasteiger partial charge in [0.05, 0.1) is 0 Å². The summed E-state index contributed by atoms with van der Waals surface area (Å²) in [6.07, 6.45) is 2.46. The SMILES string of the molecule is CCCN(CCC)[P+](N(CC)CC)(N(CC)CC)N(CC)CC.[I-]. The van der Waals surface area contributed by atoms with Crippen LogP contribution >= 0.6 is 7.87 Å². The maximum absolute atomic E-state index is 2.85. The number of hydrogen-bond donors (Lipinski definition) is 0. The minimum atomic E-state index is -1.64. The summed E-state index contributed by atoms with van der Waals surface area (Å²) in [6.45, 7) is 27.8. The standard InChI is InChI=1S/C18H44N4P.HI/c1-9-17-22(18-10-2)23(19(11-3)12-4,20(13-5)14-6)21(15-7)16-8;/h9-18H2,1-8H3;1H/q+1;/p-1. The van der Waals surface area contributed by atoms with E-state index in [2.05, 4.69) is 74.1 Å². The molecule has 24 heavy (non-hydrogen) atoms. The molecule has 0 aliphatic rings. The first-order chi connectivity index (χ1) is 11.1. The molecule has 0 unspecified atom stereocenters.